The molecule has 2 N–H and O–H groups in total. The lowest BCUT2D eigenvalue weighted by Crippen LogP contribution is -2.09. The van der Waals surface area contributed by atoms with Crippen molar-refractivity contribution in [2.24, 2.45) is 0 Å². The molecular formula is C7H14N4O2. The zero-order chi connectivity index (χ0) is 9.52. The first-order chi connectivity index (χ1) is 6.33. The van der Waals surface area contributed by atoms with Crippen LogP contribution in [-0.4, -0.2) is 41.9 Å². The van der Waals surface area contributed by atoms with E-state index in [1.807, 2.05) is 0 Å². The third kappa shape index (κ3) is 3.86. The molecule has 0 aliphatic rings. The quantitative estimate of drug-likeness (QED) is 0.607. The summed E-state index contributed by atoms with van der Waals surface area (Å²) in [7, 11) is 1.64. The first kappa shape index (κ1) is 9.94. The number of nitrogens with two attached hydrogens (primary N) is 1. The minimum Gasteiger partial charge on any atom is -0.382 e. The SMILES string of the molecule is COCCOCCn1cc(N)nn1. The third-order valence-electron chi connectivity index (χ3n) is 1.45. The van der Waals surface area contributed by atoms with Crippen LogP contribution in [0.3, 0.4) is 0 Å². The lowest BCUT2D eigenvalue weighted by molar-refractivity contribution is 0.0652. The van der Waals surface area contributed by atoms with Crippen LogP contribution in [0.2, 0.25) is 0 Å². The molecule has 1 rings (SSSR count). The topological polar surface area (TPSA) is 75.2 Å². The van der Waals surface area contributed by atoms with Crippen molar-refractivity contribution in [3.63, 3.8) is 0 Å². The van der Waals surface area contributed by atoms with E-state index in [-0.39, 0.29) is 0 Å². The van der Waals surface area contributed by atoms with Gasteiger partial charge in [-0.1, -0.05) is 5.21 Å². The van der Waals surface area contributed by atoms with E-state index in [1.54, 1.807) is 18.0 Å². The average Bonchev–Trinajstić information content (AvgIpc) is 2.51. The minimum absolute atomic E-state index is 0.428. The van der Waals surface area contributed by atoms with Gasteiger partial charge in [0.05, 0.1) is 32.6 Å². The standard InChI is InChI=1S/C7H14N4O2/c1-12-4-5-13-3-2-11-6-7(8)9-10-11/h6H,2-5,8H2,1H3. The molecule has 13 heavy (non-hydrogen) atoms. The van der Waals surface area contributed by atoms with E-state index in [4.69, 9.17) is 15.2 Å². The average molecular weight is 186 g/mol. The Morgan fingerprint density at radius 3 is 2.92 bits per heavy atom. The monoisotopic (exact) mass is 186 g/mol. The van der Waals surface area contributed by atoms with E-state index in [2.05, 4.69) is 10.3 Å². The summed E-state index contributed by atoms with van der Waals surface area (Å²) in [5.74, 6) is 0.428. The summed E-state index contributed by atoms with van der Waals surface area (Å²) in [5, 5.41) is 7.41. The van der Waals surface area contributed by atoms with Gasteiger partial charge in [0.1, 0.15) is 0 Å². The van der Waals surface area contributed by atoms with E-state index in [0.717, 1.165) is 0 Å². The summed E-state index contributed by atoms with van der Waals surface area (Å²) in [6.07, 6.45) is 1.67. The normalized spacial score (nSPS) is 10.5. The number of ether oxygens (including phenoxy) is 2. The second-order valence-corrected chi connectivity index (χ2v) is 2.51. The molecule has 1 aromatic rings. The number of aromatic nitrogens is 3. The summed E-state index contributed by atoms with van der Waals surface area (Å²) in [4.78, 5) is 0. The van der Waals surface area contributed by atoms with Crippen LogP contribution in [-0.2, 0) is 16.0 Å². The van der Waals surface area contributed by atoms with Gasteiger partial charge in [0.2, 0.25) is 0 Å². The summed E-state index contributed by atoms with van der Waals surface area (Å²) >= 11 is 0. The van der Waals surface area contributed by atoms with Crippen molar-refractivity contribution < 1.29 is 9.47 Å². The molecule has 1 heterocycles. The van der Waals surface area contributed by atoms with Crippen molar-refractivity contribution in [3.05, 3.63) is 6.20 Å². The second-order valence-electron chi connectivity index (χ2n) is 2.51. The minimum atomic E-state index is 0.428. The smallest absolute Gasteiger partial charge is 0.165 e. The van der Waals surface area contributed by atoms with Crippen molar-refractivity contribution >= 4 is 5.82 Å². The molecule has 0 aromatic carbocycles. The third-order valence-corrected chi connectivity index (χ3v) is 1.45. The predicted molar refractivity (Wildman–Crippen MR) is 47.1 cm³/mol. The molecule has 0 aliphatic carbocycles. The Morgan fingerprint density at radius 2 is 2.31 bits per heavy atom. The first-order valence-corrected chi connectivity index (χ1v) is 4.05. The highest BCUT2D eigenvalue weighted by atomic mass is 16.5. The molecule has 74 valence electrons. The summed E-state index contributed by atoms with van der Waals surface area (Å²) in [6.45, 7) is 2.46. The molecule has 0 bridgehead atoms. The fourth-order valence-corrected chi connectivity index (χ4v) is 0.825. The number of nitrogens with zero attached hydrogens (tertiary/aromatic N) is 3. The molecule has 0 saturated heterocycles. The number of hydrogen-bond donors (Lipinski definition) is 1. The van der Waals surface area contributed by atoms with Crippen LogP contribution in [0.4, 0.5) is 5.82 Å². The van der Waals surface area contributed by atoms with Crippen LogP contribution in [0.15, 0.2) is 6.20 Å². The van der Waals surface area contributed by atoms with Crippen LogP contribution >= 0.6 is 0 Å². The molecule has 0 amide bonds. The van der Waals surface area contributed by atoms with Gasteiger partial charge in [-0.05, 0) is 0 Å². The zero-order valence-electron chi connectivity index (χ0n) is 7.64. The molecule has 0 unspecified atom stereocenters. The van der Waals surface area contributed by atoms with Crippen LogP contribution in [0, 0.1) is 0 Å². The van der Waals surface area contributed by atoms with E-state index in [9.17, 15) is 0 Å². The lowest BCUT2D eigenvalue weighted by atomic mass is 10.6. The molecule has 6 heteroatoms. The molecule has 0 saturated carbocycles. The largest absolute Gasteiger partial charge is 0.382 e. The van der Waals surface area contributed by atoms with Crippen LogP contribution in [0.25, 0.3) is 0 Å². The number of hydrogen-bond acceptors (Lipinski definition) is 5. The van der Waals surface area contributed by atoms with Gasteiger partial charge in [-0.25, -0.2) is 4.68 Å². The van der Waals surface area contributed by atoms with Crippen LogP contribution in [0.5, 0.6) is 0 Å². The molecule has 0 atom stereocenters. The van der Waals surface area contributed by atoms with E-state index in [0.29, 0.717) is 32.2 Å². The highest BCUT2D eigenvalue weighted by Crippen LogP contribution is 1.91. The molecule has 6 nitrogen and oxygen atoms in total. The van der Waals surface area contributed by atoms with Gasteiger partial charge in [-0.2, -0.15) is 0 Å². The molecule has 1 aromatic heterocycles. The Labute approximate surface area is 76.6 Å². The van der Waals surface area contributed by atoms with Gasteiger partial charge in [0, 0.05) is 7.11 Å². The van der Waals surface area contributed by atoms with Crippen molar-refractivity contribution in [3.8, 4) is 0 Å². The maximum Gasteiger partial charge on any atom is 0.165 e. The number of methoxy groups -OCH3 is 1. The van der Waals surface area contributed by atoms with Crippen LogP contribution < -0.4 is 5.73 Å². The summed E-state index contributed by atoms with van der Waals surface area (Å²) in [5.41, 5.74) is 5.38. The Bertz CT molecular complexity index is 238. The first-order valence-electron chi connectivity index (χ1n) is 4.05. The van der Waals surface area contributed by atoms with E-state index >= 15 is 0 Å². The van der Waals surface area contributed by atoms with Gasteiger partial charge in [0.25, 0.3) is 0 Å². The lowest BCUT2D eigenvalue weighted by Gasteiger charge is -2.02. The number of nitrogen functional groups attached to an aromatic ring is 1. The Morgan fingerprint density at radius 1 is 1.46 bits per heavy atom. The van der Waals surface area contributed by atoms with Crippen molar-refractivity contribution in [1.29, 1.82) is 0 Å². The van der Waals surface area contributed by atoms with Crippen molar-refractivity contribution in [2.45, 2.75) is 6.54 Å². The fourth-order valence-electron chi connectivity index (χ4n) is 0.825. The molecular weight excluding hydrogens is 172 g/mol. The number of anilines is 1. The van der Waals surface area contributed by atoms with Gasteiger partial charge in [-0.15, -0.1) is 5.10 Å². The van der Waals surface area contributed by atoms with Crippen molar-refractivity contribution in [1.82, 2.24) is 15.0 Å². The molecule has 0 fully saturated rings. The highest BCUT2D eigenvalue weighted by Gasteiger charge is 1.95. The number of rotatable bonds is 6. The Kier molecular flexibility index (Phi) is 4.20. The molecule has 0 radical (unpaired) electrons. The molecule has 0 aliphatic heterocycles. The van der Waals surface area contributed by atoms with Gasteiger partial charge < -0.3 is 15.2 Å². The predicted octanol–water partition coefficient (Wildman–Crippen LogP) is -0.477. The zero-order valence-corrected chi connectivity index (χ0v) is 7.64. The molecule has 0 spiro atoms. The van der Waals surface area contributed by atoms with Gasteiger partial charge in [-0.3, -0.25) is 0 Å². The van der Waals surface area contributed by atoms with E-state index in [1.165, 1.54) is 0 Å². The Balaban J connectivity index is 2.06. The highest BCUT2D eigenvalue weighted by molar-refractivity contribution is 5.19. The van der Waals surface area contributed by atoms with Crippen LogP contribution in [0.1, 0.15) is 0 Å². The van der Waals surface area contributed by atoms with Gasteiger partial charge in [0.15, 0.2) is 5.82 Å². The maximum atomic E-state index is 5.38. The summed E-state index contributed by atoms with van der Waals surface area (Å²) in [6, 6.07) is 0. The fraction of sp³-hybridized carbons (Fsp3) is 0.714. The maximum absolute atomic E-state index is 5.38. The van der Waals surface area contributed by atoms with Gasteiger partial charge >= 0.3 is 0 Å². The summed E-state index contributed by atoms with van der Waals surface area (Å²) < 4.78 is 11.7. The Hall–Kier alpha value is -1.14. The van der Waals surface area contributed by atoms with E-state index < -0.39 is 0 Å². The van der Waals surface area contributed by atoms with Crippen molar-refractivity contribution in [2.75, 3.05) is 32.7 Å². The second kappa shape index (κ2) is 5.50.